The highest BCUT2D eigenvalue weighted by molar-refractivity contribution is 5.92. The number of aromatic nitrogens is 5. The molecule has 3 heterocycles. The molecule has 0 fully saturated rings. The van der Waals surface area contributed by atoms with E-state index in [4.69, 9.17) is 4.74 Å². The van der Waals surface area contributed by atoms with Gasteiger partial charge in [-0.15, -0.1) is 0 Å². The Balaban J connectivity index is 2.10. The Kier molecular flexibility index (Phi) is 3.66. The van der Waals surface area contributed by atoms with Crippen LogP contribution in [-0.4, -0.2) is 37.1 Å². The second-order valence-electron chi connectivity index (χ2n) is 4.94. The first kappa shape index (κ1) is 14.3. The molecule has 0 amide bonds. The first-order valence-electron chi connectivity index (χ1n) is 7.22. The molecular weight excluding hydrogens is 284 g/mol. The molecule has 0 aromatic carbocycles. The summed E-state index contributed by atoms with van der Waals surface area (Å²) in [5, 5.41) is 11.6. The first-order chi connectivity index (χ1) is 10.7. The first-order valence-corrected chi connectivity index (χ1v) is 7.22. The predicted molar refractivity (Wildman–Crippen MR) is 79.0 cm³/mol. The Labute approximate surface area is 127 Å². The zero-order chi connectivity index (χ0) is 15.7. The van der Waals surface area contributed by atoms with Gasteiger partial charge in [-0.25, -0.2) is 9.48 Å². The second kappa shape index (κ2) is 5.63. The van der Waals surface area contributed by atoms with E-state index in [1.807, 2.05) is 24.7 Å². The van der Waals surface area contributed by atoms with Crippen LogP contribution in [0.15, 0.2) is 30.0 Å². The minimum Gasteiger partial charge on any atom is -0.463 e. The Morgan fingerprint density at radius 3 is 2.91 bits per heavy atom. The Morgan fingerprint density at radius 2 is 2.23 bits per heavy atom. The number of ether oxygens (including phenoxy) is 1. The molecule has 8 heteroatoms. The summed E-state index contributed by atoms with van der Waals surface area (Å²) in [5.74, 6) is 0.239. The number of carbonyl (C=O) groups excluding carboxylic acids is 1. The van der Waals surface area contributed by atoms with Gasteiger partial charge in [0.1, 0.15) is 12.4 Å². The molecule has 2 aromatic heterocycles. The van der Waals surface area contributed by atoms with E-state index in [2.05, 4.69) is 20.5 Å². The van der Waals surface area contributed by atoms with Gasteiger partial charge in [-0.2, -0.15) is 15.2 Å². The van der Waals surface area contributed by atoms with Crippen LogP contribution in [0, 0.1) is 0 Å². The van der Waals surface area contributed by atoms with E-state index < -0.39 is 6.04 Å². The van der Waals surface area contributed by atoms with Crippen LogP contribution >= 0.6 is 0 Å². The molecule has 0 spiro atoms. The number of fused-ring (bicyclic) bond motifs is 1. The van der Waals surface area contributed by atoms with Gasteiger partial charge in [0.2, 0.25) is 5.95 Å². The van der Waals surface area contributed by atoms with E-state index in [0.29, 0.717) is 23.8 Å². The average molecular weight is 302 g/mol. The fourth-order valence-corrected chi connectivity index (χ4v) is 2.57. The third kappa shape index (κ3) is 2.26. The summed E-state index contributed by atoms with van der Waals surface area (Å²) in [5.41, 5.74) is 2.11. The maximum absolute atomic E-state index is 12.4. The second-order valence-corrected chi connectivity index (χ2v) is 4.94. The predicted octanol–water partition coefficient (Wildman–Crippen LogP) is 1.35. The van der Waals surface area contributed by atoms with E-state index in [1.54, 1.807) is 17.8 Å². The quantitative estimate of drug-likeness (QED) is 0.858. The number of nitrogens with one attached hydrogen (secondary N) is 1. The molecule has 1 aliphatic heterocycles. The molecule has 0 aliphatic carbocycles. The van der Waals surface area contributed by atoms with Crippen LogP contribution in [0.25, 0.3) is 0 Å². The highest BCUT2D eigenvalue weighted by Gasteiger charge is 2.34. The van der Waals surface area contributed by atoms with Crippen molar-refractivity contribution in [2.24, 2.45) is 0 Å². The minimum absolute atomic E-state index is 0.320. The number of hydrogen-bond donors (Lipinski definition) is 1. The minimum atomic E-state index is -0.391. The van der Waals surface area contributed by atoms with Crippen molar-refractivity contribution >= 4 is 11.9 Å². The zero-order valence-electron chi connectivity index (χ0n) is 12.8. The third-order valence-corrected chi connectivity index (χ3v) is 3.58. The SMILES string of the molecule is CCOC(=O)C1=C(C)Nc2ncnn2[C@H]1c1cnn(CC)c1. The monoisotopic (exact) mass is 302 g/mol. The molecule has 1 aliphatic rings. The molecule has 0 radical (unpaired) electrons. The van der Waals surface area contributed by atoms with Gasteiger partial charge in [0.15, 0.2) is 0 Å². The summed E-state index contributed by atoms with van der Waals surface area (Å²) >= 11 is 0. The molecular formula is C14H18N6O2. The van der Waals surface area contributed by atoms with Gasteiger partial charge in [-0.05, 0) is 20.8 Å². The average Bonchev–Trinajstić information content (AvgIpc) is 3.14. The van der Waals surface area contributed by atoms with Crippen molar-refractivity contribution in [1.82, 2.24) is 24.5 Å². The topological polar surface area (TPSA) is 86.9 Å². The summed E-state index contributed by atoms with van der Waals surface area (Å²) in [6.45, 7) is 6.71. The molecule has 0 saturated carbocycles. The molecule has 22 heavy (non-hydrogen) atoms. The zero-order valence-corrected chi connectivity index (χ0v) is 12.8. The molecule has 3 rings (SSSR count). The van der Waals surface area contributed by atoms with Crippen LogP contribution in [0.5, 0.6) is 0 Å². The van der Waals surface area contributed by atoms with E-state index in [0.717, 1.165) is 12.1 Å². The molecule has 1 N–H and O–H groups in total. The number of esters is 1. The van der Waals surface area contributed by atoms with Crippen LogP contribution in [-0.2, 0) is 16.1 Å². The Bertz CT molecular complexity index is 729. The lowest BCUT2D eigenvalue weighted by Gasteiger charge is -2.27. The largest absolute Gasteiger partial charge is 0.463 e. The Morgan fingerprint density at radius 1 is 1.41 bits per heavy atom. The van der Waals surface area contributed by atoms with Crippen molar-refractivity contribution in [3.8, 4) is 0 Å². The van der Waals surface area contributed by atoms with Gasteiger partial charge < -0.3 is 10.1 Å². The van der Waals surface area contributed by atoms with Gasteiger partial charge in [0.05, 0.1) is 18.4 Å². The summed E-state index contributed by atoms with van der Waals surface area (Å²) in [4.78, 5) is 16.6. The van der Waals surface area contributed by atoms with E-state index in [1.165, 1.54) is 6.33 Å². The van der Waals surface area contributed by atoms with Gasteiger partial charge in [-0.3, -0.25) is 4.68 Å². The number of anilines is 1. The lowest BCUT2D eigenvalue weighted by atomic mass is 9.98. The number of allylic oxidation sites excluding steroid dienone is 1. The smallest absolute Gasteiger partial charge is 0.338 e. The van der Waals surface area contributed by atoms with Crippen LogP contribution in [0.3, 0.4) is 0 Å². The van der Waals surface area contributed by atoms with Crippen LogP contribution in [0.2, 0.25) is 0 Å². The van der Waals surface area contributed by atoms with Crippen molar-refractivity contribution < 1.29 is 9.53 Å². The van der Waals surface area contributed by atoms with Gasteiger partial charge in [-0.1, -0.05) is 0 Å². The van der Waals surface area contributed by atoms with Crippen molar-refractivity contribution in [2.75, 3.05) is 11.9 Å². The maximum Gasteiger partial charge on any atom is 0.338 e. The number of aryl methyl sites for hydroxylation is 1. The summed E-state index contributed by atoms with van der Waals surface area (Å²) in [7, 11) is 0. The molecule has 116 valence electrons. The number of carbonyl (C=O) groups is 1. The van der Waals surface area contributed by atoms with Crippen LogP contribution < -0.4 is 5.32 Å². The van der Waals surface area contributed by atoms with Gasteiger partial charge in [0.25, 0.3) is 0 Å². The molecule has 1 atom stereocenters. The maximum atomic E-state index is 12.4. The third-order valence-electron chi connectivity index (χ3n) is 3.58. The highest BCUT2D eigenvalue weighted by atomic mass is 16.5. The summed E-state index contributed by atoms with van der Waals surface area (Å²) in [6.07, 6.45) is 5.12. The molecule has 0 unspecified atom stereocenters. The molecule has 8 nitrogen and oxygen atoms in total. The number of nitrogens with zero attached hydrogens (tertiary/aromatic N) is 5. The van der Waals surface area contributed by atoms with Crippen LogP contribution in [0.1, 0.15) is 32.4 Å². The summed E-state index contributed by atoms with van der Waals surface area (Å²) < 4.78 is 8.69. The number of rotatable bonds is 4. The van der Waals surface area contributed by atoms with Crippen molar-refractivity contribution in [2.45, 2.75) is 33.4 Å². The number of hydrogen-bond acceptors (Lipinski definition) is 6. The van der Waals surface area contributed by atoms with Gasteiger partial charge >= 0.3 is 5.97 Å². The summed E-state index contributed by atoms with van der Waals surface area (Å²) in [6, 6.07) is -0.391. The molecule has 0 saturated heterocycles. The molecule has 0 bridgehead atoms. The molecule has 2 aromatic rings. The van der Waals surface area contributed by atoms with Crippen molar-refractivity contribution in [3.63, 3.8) is 0 Å². The lowest BCUT2D eigenvalue weighted by molar-refractivity contribution is -0.139. The van der Waals surface area contributed by atoms with E-state index >= 15 is 0 Å². The van der Waals surface area contributed by atoms with Gasteiger partial charge in [0, 0.05) is 24.0 Å². The lowest BCUT2D eigenvalue weighted by Crippen LogP contribution is -2.29. The fraction of sp³-hybridized carbons (Fsp3) is 0.429. The van der Waals surface area contributed by atoms with E-state index in [9.17, 15) is 4.79 Å². The highest BCUT2D eigenvalue weighted by Crippen LogP contribution is 2.34. The Hall–Kier alpha value is -2.64. The van der Waals surface area contributed by atoms with Crippen molar-refractivity contribution in [1.29, 1.82) is 0 Å². The standard InChI is InChI=1S/C14H18N6O2/c1-4-19-7-10(6-16-19)12-11(13(21)22-5-2)9(3)18-14-15-8-17-20(12)14/h6-8,12H,4-5H2,1-3H3,(H,15,17,18)/t12-/m0/s1. The normalized spacial score (nSPS) is 17.1. The van der Waals surface area contributed by atoms with E-state index in [-0.39, 0.29) is 5.97 Å². The fourth-order valence-electron chi connectivity index (χ4n) is 2.57. The van der Waals surface area contributed by atoms with Crippen LogP contribution in [0.4, 0.5) is 5.95 Å². The van der Waals surface area contributed by atoms with Crippen molar-refractivity contribution in [3.05, 3.63) is 35.6 Å².